The summed E-state index contributed by atoms with van der Waals surface area (Å²) in [6, 6.07) is 6.24. The van der Waals surface area contributed by atoms with E-state index in [9.17, 15) is 9.18 Å². The first-order valence-electron chi connectivity index (χ1n) is 6.77. The molecule has 2 aromatic rings. The van der Waals surface area contributed by atoms with Crippen molar-refractivity contribution in [2.45, 2.75) is 19.3 Å². The molecule has 108 valence electrons. The van der Waals surface area contributed by atoms with Crippen LogP contribution in [-0.4, -0.2) is 18.0 Å². The molecule has 0 atom stereocenters. The summed E-state index contributed by atoms with van der Waals surface area (Å²) in [6.07, 6.45) is 2.69. The van der Waals surface area contributed by atoms with Gasteiger partial charge in [0.25, 0.3) is 5.91 Å². The van der Waals surface area contributed by atoms with Gasteiger partial charge in [-0.15, -0.1) is 0 Å². The first-order valence-corrected chi connectivity index (χ1v) is 6.77. The number of nitrogens with two attached hydrogens (primary N) is 1. The van der Waals surface area contributed by atoms with Gasteiger partial charge < -0.3 is 10.5 Å². The number of halogens is 1. The van der Waals surface area contributed by atoms with E-state index >= 15 is 0 Å². The maximum Gasteiger partial charge on any atom is 0.250 e. The molecule has 5 heteroatoms. The van der Waals surface area contributed by atoms with E-state index < -0.39 is 11.7 Å². The summed E-state index contributed by atoms with van der Waals surface area (Å²) in [7, 11) is 1.45. The minimum atomic E-state index is -0.613. The van der Waals surface area contributed by atoms with Gasteiger partial charge in [-0.1, -0.05) is 6.07 Å². The van der Waals surface area contributed by atoms with E-state index in [1.54, 1.807) is 18.2 Å². The number of hydrogen-bond acceptors (Lipinski definition) is 3. The van der Waals surface area contributed by atoms with Crippen LogP contribution in [0.2, 0.25) is 0 Å². The monoisotopic (exact) mass is 286 g/mol. The van der Waals surface area contributed by atoms with Crippen molar-refractivity contribution in [2.75, 3.05) is 7.11 Å². The number of aryl methyl sites for hydroxylation is 2. The third-order valence-electron chi connectivity index (χ3n) is 3.75. The number of ether oxygens (including phenoxy) is 1. The third-order valence-corrected chi connectivity index (χ3v) is 3.75. The predicted octanol–water partition coefficient (Wildman–Crippen LogP) is 2.48. The Kier molecular flexibility index (Phi) is 3.33. The summed E-state index contributed by atoms with van der Waals surface area (Å²) < 4.78 is 19.4. The zero-order valence-electron chi connectivity index (χ0n) is 11.6. The van der Waals surface area contributed by atoms with Gasteiger partial charge in [-0.05, 0) is 43.0 Å². The number of fused-ring (bicyclic) bond motifs is 1. The van der Waals surface area contributed by atoms with Crippen LogP contribution < -0.4 is 10.5 Å². The lowest BCUT2D eigenvalue weighted by Gasteiger charge is -2.13. The predicted molar refractivity (Wildman–Crippen MR) is 76.7 cm³/mol. The molecule has 3 rings (SSSR count). The lowest BCUT2D eigenvalue weighted by molar-refractivity contribution is 0.100. The summed E-state index contributed by atoms with van der Waals surface area (Å²) in [6.45, 7) is 0. The number of aromatic nitrogens is 1. The zero-order chi connectivity index (χ0) is 15.0. The molecule has 0 saturated carbocycles. The minimum absolute atomic E-state index is 0.184. The van der Waals surface area contributed by atoms with Gasteiger partial charge in [0.1, 0.15) is 11.6 Å². The van der Waals surface area contributed by atoms with Crippen molar-refractivity contribution in [3.8, 4) is 17.0 Å². The number of carbonyl (C=O) groups is 1. The van der Waals surface area contributed by atoms with Crippen LogP contribution in [0.5, 0.6) is 5.75 Å². The van der Waals surface area contributed by atoms with E-state index in [2.05, 4.69) is 4.98 Å². The minimum Gasteiger partial charge on any atom is -0.496 e. The average molecular weight is 286 g/mol. The quantitative estimate of drug-likeness (QED) is 0.942. The molecule has 1 heterocycles. The van der Waals surface area contributed by atoms with Crippen molar-refractivity contribution in [1.82, 2.24) is 4.98 Å². The van der Waals surface area contributed by atoms with Gasteiger partial charge in [0, 0.05) is 5.69 Å². The Bertz CT molecular complexity index is 728. The highest BCUT2D eigenvalue weighted by molar-refractivity contribution is 5.99. The van der Waals surface area contributed by atoms with Gasteiger partial charge >= 0.3 is 0 Å². The topological polar surface area (TPSA) is 65.2 Å². The normalized spacial score (nSPS) is 13.0. The molecular formula is C16H15FN2O2. The fourth-order valence-electron chi connectivity index (χ4n) is 2.75. The summed E-state index contributed by atoms with van der Waals surface area (Å²) in [5, 5.41) is 0. The van der Waals surface area contributed by atoms with E-state index in [0.717, 1.165) is 30.5 Å². The highest BCUT2D eigenvalue weighted by Gasteiger charge is 2.23. The highest BCUT2D eigenvalue weighted by atomic mass is 19.1. The number of methoxy groups -OCH3 is 1. The molecule has 21 heavy (non-hydrogen) atoms. The highest BCUT2D eigenvalue weighted by Crippen LogP contribution is 2.35. The first-order chi connectivity index (χ1) is 10.1. The maximum absolute atomic E-state index is 14.2. The van der Waals surface area contributed by atoms with Gasteiger partial charge in [-0.3, -0.25) is 9.78 Å². The van der Waals surface area contributed by atoms with Gasteiger partial charge in [-0.2, -0.15) is 0 Å². The Balaban J connectivity index is 2.30. The van der Waals surface area contributed by atoms with Crippen LogP contribution in [0.25, 0.3) is 11.3 Å². The third kappa shape index (κ3) is 2.24. The molecule has 0 saturated heterocycles. The second-order valence-corrected chi connectivity index (χ2v) is 5.03. The van der Waals surface area contributed by atoms with E-state index in [4.69, 9.17) is 10.5 Å². The maximum atomic E-state index is 14.2. The molecule has 1 aliphatic carbocycles. The van der Waals surface area contributed by atoms with Gasteiger partial charge in [-0.25, -0.2) is 4.39 Å². The summed E-state index contributed by atoms with van der Waals surface area (Å²) >= 11 is 0. The van der Waals surface area contributed by atoms with E-state index in [-0.39, 0.29) is 16.8 Å². The molecule has 0 radical (unpaired) electrons. The van der Waals surface area contributed by atoms with Crippen molar-refractivity contribution in [3.05, 3.63) is 46.9 Å². The molecule has 2 N–H and O–H groups in total. The number of pyridine rings is 1. The van der Waals surface area contributed by atoms with Crippen LogP contribution in [0.15, 0.2) is 24.3 Å². The number of amides is 1. The van der Waals surface area contributed by atoms with Crippen LogP contribution in [0.3, 0.4) is 0 Å². The van der Waals surface area contributed by atoms with Crippen LogP contribution in [0.4, 0.5) is 4.39 Å². The SMILES string of the molecule is COc1cccc(F)c1-c1nc2c(cc1C(N)=O)CCC2. The molecule has 0 bridgehead atoms. The smallest absolute Gasteiger partial charge is 0.250 e. The summed E-state index contributed by atoms with van der Waals surface area (Å²) in [5.74, 6) is -0.761. The van der Waals surface area contributed by atoms with Crippen molar-refractivity contribution < 1.29 is 13.9 Å². The Hall–Kier alpha value is -2.43. The molecule has 0 unspecified atom stereocenters. The standard InChI is InChI=1S/C16H15FN2O2/c1-21-13-7-3-5-11(17)14(13)15-10(16(18)20)8-9-4-2-6-12(9)19-15/h3,5,7-8H,2,4,6H2,1H3,(H2,18,20). The first kappa shape index (κ1) is 13.5. The Morgan fingerprint density at radius 2 is 2.19 bits per heavy atom. The average Bonchev–Trinajstić information content (AvgIpc) is 2.92. The lowest BCUT2D eigenvalue weighted by atomic mass is 10.0. The zero-order valence-corrected chi connectivity index (χ0v) is 11.6. The molecular weight excluding hydrogens is 271 g/mol. The fraction of sp³-hybridized carbons (Fsp3) is 0.250. The Morgan fingerprint density at radius 1 is 1.38 bits per heavy atom. The molecule has 0 fully saturated rings. The molecule has 1 aromatic heterocycles. The number of benzene rings is 1. The lowest BCUT2D eigenvalue weighted by Crippen LogP contribution is -2.15. The van der Waals surface area contributed by atoms with Crippen LogP contribution in [0, 0.1) is 5.82 Å². The molecule has 1 amide bonds. The van der Waals surface area contributed by atoms with Gasteiger partial charge in [0.2, 0.25) is 0 Å². The molecule has 0 aliphatic heterocycles. The largest absolute Gasteiger partial charge is 0.496 e. The second kappa shape index (κ2) is 5.16. The molecule has 1 aromatic carbocycles. The summed E-state index contributed by atoms with van der Waals surface area (Å²) in [4.78, 5) is 16.2. The number of rotatable bonds is 3. The number of primary amides is 1. The summed E-state index contributed by atoms with van der Waals surface area (Å²) in [5.41, 5.74) is 8.05. The molecule has 1 aliphatic rings. The Labute approximate surface area is 121 Å². The fourth-order valence-corrected chi connectivity index (χ4v) is 2.75. The molecule has 4 nitrogen and oxygen atoms in total. The van der Waals surface area contributed by atoms with E-state index in [1.165, 1.54) is 13.2 Å². The molecule has 0 spiro atoms. The van der Waals surface area contributed by atoms with E-state index in [0.29, 0.717) is 5.75 Å². The number of hydrogen-bond donors (Lipinski definition) is 1. The van der Waals surface area contributed by atoms with Crippen molar-refractivity contribution in [1.29, 1.82) is 0 Å². The van der Waals surface area contributed by atoms with Gasteiger partial charge in [0.05, 0.1) is 23.9 Å². The van der Waals surface area contributed by atoms with E-state index in [1.807, 2.05) is 0 Å². The van der Waals surface area contributed by atoms with Gasteiger partial charge in [0.15, 0.2) is 0 Å². The number of nitrogens with zero attached hydrogens (tertiary/aromatic N) is 1. The Morgan fingerprint density at radius 3 is 2.90 bits per heavy atom. The van der Waals surface area contributed by atoms with Crippen molar-refractivity contribution in [3.63, 3.8) is 0 Å². The number of carbonyl (C=O) groups excluding carboxylic acids is 1. The second-order valence-electron chi connectivity index (χ2n) is 5.03. The van der Waals surface area contributed by atoms with Crippen LogP contribution >= 0.6 is 0 Å². The van der Waals surface area contributed by atoms with Crippen molar-refractivity contribution >= 4 is 5.91 Å². The van der Waals surface area contributed by atoms with Crippen molar-refractivity contribution in [2.24, 2.45) is 5.73 Å². The van der Waals surface area contributed by atoms with Crippen LogP contribution in [0.1, 0.15) is 28.0 Å². The van der Waals surface area contributed by atoms with Crippen LogP contribution in [-0.2, 0) is 12.8 Å².